The van der Waals surface area contributed by atoms with E-state index in [1.165, 1.54) is 10.6 Å². The van der Waals surface area contributed by atoms with Crippen molar-refractivity contribution in [3.8, 4) is 11.1 Å². The van der Waals surface area contributed by atoms with Gasteiger partial charge in [-0.25, -0.2) is 9.78 Å². The van der Waals surface area contributed by atoms with Gasteiger partial charge in [0.05, 0.1) is 0 Å². The van der Waals surface area contributed by atoms with Crippen LogP contribution in [0.5, 0.6) is 0 Å². The number of thiophene rings is 1. The van der Waals surface area contributed by atoms with Gasteiger partial charge >= 0.3 is 5.97 Å². The summed E-state index contributed by atoms with van der Waals surface area (Å²) in [6, 6.07) is 10.1. The largest absolute Gasteiger partial charge is 0.478 e. The Balaban J connectivity index is 1.72. The van der Waals surface area contributed by atoms with E-state index in [4.69, 9.17) is 11.6 Å². The van der Waals surface area contributed by atoms with Crippen molar-refractivity contribution < 1.29 is 19.1 Å². The highest BCUT2D eigenvalue weighted by Gasteiger charge is 2.25. The summed E-state index contributed by atoms with van der Waals surface area (Å²) in [5, 5.41) is 14.4. The fourth-order valence-electron chi connectivity index (χ4n) is 2.99. The van der Waals surface area contributed by atoms with Gasteiger partial charge in [0.2, 0.25) is 5.95 Å². The number of imidazole rings is 1. The number of hydrogen-bond acceptors (Lipinski definition) is 4. The van der Waals surface area contributed by atoms with Crippen LogP contribution in [0.15, 0.2) is 48.0 Å². The van der Waals surface area contributed by atoms with Crippen LogP contribution in [0.1, 0.15) is 26.4 Å². The first kappa shape index (κ1) is 19.1. The molecular weight excluding hydrogens is 417 g/mol. The summed E-state index contributed by atoms with van der Waals surface area (Å²) in [5.74, 6) is -2.84. The zero-order valence-electron chi connectivity index (χ0n) is 14.9. The van der Waals surface area contributed by atoms with E-state index in [0.717, 1.165) is 11.3 Å². The zero-order chi connectivity index (χ0) is 20.7. The summed E-state index contributed by atoms with van der Waals surface area (Å²) in [4.78, 5) is 28.6. The van der Waals surface area contributed by atoms with Gasteiger partial charge in [0, 0.05) is 22.2 Å². The lowest BCUT2D eigenvalue weighted by Crippen LogP contribution is -2.15. The number of aromatic nitrogens is 2. The molecule has 0 saturated heterocycles. The van der Waals surface area contributed by atoms with Crippen molar-refractivity contribution in [3.05, 3.63) is 75.8 Å². The molecule has 1 aromatic carbocycles. The number of halogens is 2. The number of amides is 1. The number of anilines is 1. The fourth-order valence-corrected chi connectivity index (χ4v) is 4.07. The molecule has 0 spiro atoms. The van der Waals surface area contributed by atoms with Gasteiger partial charge in [-0.15, -0.1) is 11.3 Å². The number of aromatic carboxylic acids is 1. The molecule has 0 saturated carbocycles. The lowest BCUT2D eigenvalue weighted by Gasteiger charge is -2.05. The SMILES string of the molecule is Cc1cccn2c(F)c(C(=O)Nc3scc(-c4ccc(Cl)cc4)c3C(=O)O)nc12. The first-order valence-corrected chi connectivity index (χ1v) is 9.68. The summed E-state index contributed by atoms with van der Waals surface area (Å²) >= 11 is 6.93. The Labute approximate surface area is 173 Å². The van der Waals surface area contributed by atoms with E-state index in [2.05, 4.69) is 10.3 Å². The van der Waals surface area contributed by atoms with Gasteiger partial charge in [-0.2, -0.15) is 4.39 Å². The maximum atomic E-state index is 14.6. The summed E-state index contributed by atoms with van der Waals surface area (Å²) in [6.07, 6.45) is 1.47. The monoisotopic (exact) mass is 429 g/mol. The maximum Gasteiger partial charge on any atom is 0.339 e. The van der Waals surface area contributed by atoms with Crippen molar-refractivity contribution in [1.29, 1.82) is 0 Å². The van der Waals surface area contributed by atoms with Crippen LogP contribution in [0.2, 0.25) is 5.02 Å². The Morgan fingerprint density at radius 1 is 1.24 bits per heavy atom. The van der Waals surface area contributed by atoms with Gasteiger partial charge in [0.25, 0.3) is 5.91 Å². The number of carboxylic acids is 1. The Morgan fingerprint density at radius 2 is 1.97 bits per heavy atom. The highest BCUT2D eigenvalue weighted by molar-refractivity contribution is 7.15. The Hall–Kier alpha value is -3.23. The standard InChI is InChI=1S/C20H13ClFN3O3S/c1-10-3-2-8-25-16(22)15(23-17(10)25)18(26)24-19-14(20(27)28)13(9-29-19)11-4-6-12(21)7-5-11/h2-9H,1H3,(H,24,26)(H,27,28). The van der Waals surface area contributed by atoms with E-state index >= 15 is 0 Å². The summed E-state index contributed by atoms with van der Waals surface area (Å²) in [7, 11) is 0. The molecule has 3 heterocycles. The molecular formula is C20H13ClFN3O3S. The van der Waals surface area contributed by atoms with Crippen LogP contribution in [0.4, 0.5) is 9.39 Å². The van der Waals surface area contributed by atoms with Crippen molar-refractivity contribution in [2.45, 2.75) is 6.92 Å². The van der Waals surface area contributed by atoms with Gasteiger partial charge in [0.1, 0.15) is 16.2 Å². The number of pyridine rings is 1. The molecule has 0 unspecified atom stereocenters. The van der Waals surface area contributed by atoms with Gasteiger partial charge in [0.15, 0.2) is 5.69 Å². The molecule has 146 valence electrons. The van der Waals surface area contributed by atoms with E-state index in [-0.39, 0.29) is 10.6 Å². The van der Waals surface area contributed by atoms with Crippen molar-refractivity contribution in [1.82, 2.24) is 9.38 Å². The van der Waals surface area contributed by atoms with Crippen molar-refractivity contribution in [3.63, 3.8) is 0 Å². The average Bonchev–Trinajstić information content (AvgIpc) is 3.25. The molecule has 0 atom stereocenters. The molecule has 3 aromatic heterocycles. The predicted molar refractivity (Wildman–Crippen MR) is 110 cm³/mol. The molecule has 0 radical (unpaired) electrons. The molecule has 0 bridgehead atoms. The van der Waals surface area contributed by atoms with Gasteiger partial charge in [-0.1, -0.05) is 29.8 Å². The molecule has 4 aromatic rings. The number of nitrogens with one attached hydrogen (secondary N) is 1. The van der Waals surface area contributed by atoms with E-state index in [1.54, 1.807) is 48.7 Å². The third-order valence-corrected chi connectivity index (χ3v) is 5.54. The van der Waals surface area contributed by atoms with Crippen LogP contribution in [0.3, 0.4) is 0 Å². The molecule has 6 nitrogen and oxygen atoms in total. The Morgan fingerprint density at radius 3 is 2.62 bits per heavy atom. The Kier molecular flexibility index (Phi) is 4.81. The molecule has 29 heavy (non-hydrogen) atoms. The molecule has 1 amide bonds. The van der Waals surface area contributed by atoms with E-state index in [1.807, 2.05) is 0 Å². The number of carbonyl (C=O) groups is 2. The number of benzene rings is 1. The molecule has 0 aliphatic carbocycles. The first-order chi connectivity index (χ1) is 13.9. The molecule has 9 heteroatoms. The highest BCUT2D eigenvalue weighted by Crippen LogP contribution is 2.36. The molecule has 2 N–H and O–H groups in total. The molecule has 0 aliphatic rings. The van der Waals surface area contributed by atoms with Crippen LogP contribution in [0.25, 0.3) is 16.8 Å². The normalized spacial score (nSPS) is 11.0. The topological polar surface area (TPSA) is 83.7 Å². The third kappa shape index (κ3) is 3.37. The summed E-state index contributed by atoms with van der Waals surface area (Å²) < 4.78 is 15.8. The number of carbonyl (C=O) groups excluding carboxylic acids is 1. The first-order valence-electron chi connectivity index (χ1n) is 8.42. The van der Waals surface area contributed by atoms with Gasteiger partial charge in [-0.05, 0) is 36.2 Å². The van der Waals surface area contributed by atoms with E-state index in [9.17, 15) is 19.1 Å². The van der Waals surface area contributed by atoms with Crippen molar-refractivity contribution >= 4 is 45.5 Å². The number of rotatable bonds is 4. The van der Waals surface area contributed by atoms with Crippen molar-refractivity contribution in [2.24, 2.45) is 0 Å². The quantitative estimate of drug-likeness (QED) is 0.472. The number of hydrogen-bond donors (Lipinski definition) is 2. The second kappa shape index (κ2) is 7.31. The zero-order valence-corrected chi connectivity index (χ0v) is 16.5. The predicted octanol–water partition coefficient (Wildman–Crippen LogP) is 5.11. The van der Waals surface area contributed by atoms with Crippen LogP contribution in [0, 0.1) is 12.9 Å². The minimum absolute atomic E-state index is 0.0778. The van der Waals surface area contributed by atoms with Gasteiger partial charge in [-0.3, -0.25) is 9.20 Å². The van der Waals surface area contributed by atoms with E-state index < -0.39 is 23.5 Å². The lowest BCUT2D eigenvalue weighted by atomic mass is 10.0. The summed E-state index contributed by atoms with van der Waals surface area (Å²) in [5.41, 5.74) is 1.61. The number of fused-ring (bicyclic) bond motifs is 1. The lowest BCUT2D eigenvalue weighted by molar-refractivity contribution is 0.0699. The smallest absolute Gasteiger partial charge is 0.339 e. The van der Waals surface area contributed by atoms with E-state index in [0.29, 0.717) is 27.4 Å². The average molecular weight is 430 g/mol. The molecule has 0 aliphatic heterocycles. The second-order valence-corrected chi connectivity index (χ2v) is 7.57. The fraction of sp³-hybridized carbons (Fsp3) is 0.0500. The number of aryl methyl sites for hydroxylation is 1. The Bertz CT molecular complexity index is 1260. The maximum absolute atomic E-state index is 14.6. The van der Waals surface area contributed by atoms with Crippen LogP contribution < -0.4 is 5.32 Å². The minimum atomic E-state index is -1.21. The highest BCUT2D eigenvalue weighted by atomic mass is 35.5. The van der Waals surface area contributed by atoms with Crippen LogP contribution in [-0.4, -0.2) is 26.4 Å². The van der Waals surface area contributed by atoms with Gasteiger partial charge < -0.3 is 10.4 Å². The van der Waals surface area contributed by atoms with Crippen molar-refractivity contribution in [2.75, 3.05) is 5.32 Å². The minimum Gasteiger partial charge on any atom is -0.478 e. The number of nitrogens with zero attached hydrogens (tertiary/aromatic N) is 2. The van der Waals surface area contributed by atoms with Crippen LogP contribution >= 0.6 is 22.9 Å². The van der Waals surface area contributed by atoms with Crippen LogP contribution in [-0.2, 0) is 0 Å². The number of carboxylic acid groups (broad SMARTS) is 1. The molecule has 0 fully saturated rings. The second-order valence-electron chi connectivity index (χ2n) is 6.26. The summed E-state index contributed by atoms with van der Waals surface area (Å²) in [6.45, 7) is 1.75. The molecule has 4 rings (SSSR count). The third-order valence-electron chi connectivity index (χ3n) is 4.39.